The summed E-state index contributed by atoms with van der Waals surface area (Å²) in [6.07, 6.45) is -0.662. The van der Waals surface area contributed by atoms with E-state index in [0.29, 0.717) is 5.56 Å². The summed E-state index contributed by atoms with van der Waals surface area (Å²) in [4.78, 5) is 61.0. The Morgan fingerprint density at radius 3 is 1.82 bits per heavy atom. The number of benzene rings is 2. The largest absolute Gasteiger partial charge is 0.508 e. The van der Waals surface area contributed by atoms with Crippen molar-refractivity contribution >= 4 is 29.6 Å². The molecular weight excluding hydrogens is 498 g/mol. The quantitative estimate of drug-likeness (QED) is 0.134. The number of carbonyl (C=O) groups is 5. The van der Waals surface area contributed by atoms with Crippen LogP contribution in [-0.4, -0.2) is 75.7 Å². The third-order valence-electron chi connectivity index (χ3n) is 5.48. The van der Waals surface area contributed by atoms with Crippen molar-refractivity contribution in [1.29, 1.82) is 0 Å². The van der Waals surface area contributed by atoms with E-state index in [4.69, 9.17) is 11.5 Å². The molecule has 0 saturated heterocycles. The molecule has 0 aromatic heterocycles. The molecule has 0 aliphatic heterocycles. The summed E-state index contributed by atoms with van der Waals surface area (Å²) in [5, 5.41) is 35.4. The zero-order chi connectivity index (χ0) is 28.2. The second kappa shape index (κ2) is 14.3. The van der Waals surface area contributed by atoms with Crippen LogP contribution in [0, 0.1) is 0 Å². The maximum Gasteiger partial charge on any atom is 0.326 e. The van der Waals surface area contributed by atoms with Crippen molar-refractivity contribution in [3.05, 3.63) is 65.7 Å². The standard InChI is InChI=1S/C25H31N5O8/c26-17(10-14-4-2-1-3-5-14)22(34)30-20(13-31)24(36)28-18(11-15-6-8-16(32)9-7-15)23(35)29-19(25(37)38)12-21(27)33/h1-9,17-20,31-32H,10-13,26H2,(H2,27,33)(H,28,36)(H,29,35)(H,30,34)(H,37,38). The lowest BCUT2D eigenvalue weighted by atomic mass is 10.0. The fourth-order valence-electron chi connectivity index (χ4n) is 3.46. The van der Waals surface area contributed by atoms with Crippen LogP contribution in [0.2, 0.25) is 0 Å². The molecule has 204 valence electrons. The summed E-state index contributed by atoms with van der Waals surface area (Å²) in [6.45, 7) is -0.817. The van der Waals surface area contributed by atoms with E-state index in [1.54, 1.807) is 30.3 Å². The van der Waals surface area contributed by atoms with Gasteiger partial charge in [-0.3, -0.25) is 19.2 Å². The zero-order valence-electron chi connectivity index (χ0n) is 20.4. The van der Waals surface area contributed by atoms with E-state index in [1.807, 2.05) is 0 Å². The van der Waals surface area contributed by atoms with E-state index >= 15 is 0 Å². The number of hydrogen-bond acceptors (Lipinski definition) is 8. The van der Waals surface area contributed by atoms with Crippen molar-refractivity contribution in [3.8, 4) is 5.75 Å². The number of nitrogens with one attached hydrogen (secondary N) is 3. The Morgan fingerprint density at radius 2 is 1.26 bits per heavy atom. The van der Waals surface area contributed by atoms with Crippen LogP contribution in [0.1, 0.15) is 17.5 Å². The van der Waals surface area contributed by atoms with Gasteiger partial charge in [0.1, 0.15) is 23.9 Å². The first-order valence-corrected chi connectivity index (χ1v) is 11.6. The molecular formula is C25H31N5O8. The van der Waals surface area contributed by atoms with Gasteiger partial charge in [-0.15, -0.1) is 0 Å². The van der Waals surface area contributed by atoms with Crippen LogP contribution >= 0.6 is 0 Å². The number of carboxylic acids is 1. The average molecular weight is 530 g/mol. The molecule has 0 aliphatic rings. The van der Waals surface area contributed by atoms with Gasteiger partial charge in [-0.05, 0) is 29.7 Å². The number of amides is 4. The third-order valence-corrected chi connectivity index (χ3v) is 5.48. The highest BCUT2D eigenvalue weighted by Gasteiger charge is 2.31. The lowest BCUT2D eigenvalue weighted by Crippen LogP contribution is -2.58. The predicted molar refractivity (Wildman–Crippen MR) is 134 cm³/mol. The normalized spacial score (nSPS) is 13.8. The number of aliphatic hydroxyl groups is 1. The Kier molecular flexibility index (Phi) is 11.2. The lowest BCUT2D eigenvalue weighted by Gasteiger charge is -2.24. The first-order valence-electron chi connectivity index (χ1n) is 11.6. The molecule has 0 saturated carbocycles. The van der Waals surface area contributed by atoms with Gasteiger partial charge in [-0.25, -0.2) is 4.79 Å². The SMILES string of the molecule is NC(=O)CC(NC(=O)C(Cc1ccc(O)cc1)NC(=O)C(CO)NC(=O)C(N)Cc1ccccc1)C(=O)O. The van der Waals surface area contributed by atoms with Crippen LogP contribution in [0.3, 0.4) is 0 Å². The average Bonchev–Trinajstić information content (AvgIpc) is 2.87. The van der Waals surface area contributed by atoms with E-state index in [-0.39, 0.29) is 18.6 Å². The molecule has 4 unspecified atom stereocenters. The molecule has 0 spiro atoms. The maximum absolute atomic E-state index is 12.9. The molecule has 0 aliphatic carbocycles. The van der Waals surface area contributed by atoms with Crippen LogP contribution in [-0.2, 0) is 36.8 Å². The summed E-state index contributed by atoms with van der Waals surface area (Å²) in [6, 6.07) is 9.05. The number of carboxylic acid groups (broad SMARTS) is 1. The Bertz CT molecular complexity index is 1130. The number of aliphatic hydroxyl groups excluding tert-OH is 1. The molecule has 10 N–H and O–H groups in total. The van der Waals surface area contributed by atoms with E-state index in [9.17, 15) is 39.3 Å². The predicted octanol–water partition coefficient (Wildman–Crippen LogP) is -2.09. The van der Waals surface area contributed by atoms with Crippen molar-refractivity contribution < 1.29 is 39.3 Å². The fraction of sp³-hybridized carbons (Fsp3) is 0.320. The molecule has 0 bridgehead atoms. The van der Waals surface area contributed by atoms with Crippen molar-refractivity contribution in [1.82, 2.24) is 16.0 Å². The smallest absolute Gasteiger partial charge is 0.326 e. The molecule has 0 fully saturated rings. The lowest BCUT2D eigenvalue weighted by molar-refractivity contribution is -0.143. The highest BCUT2D eigenvalue weighted by molar-refractivity contribution is 5.95. The number of aromatic hydroxyl groups is 1. The first-order chi connectivity index (χ1) is 18.0. The van der Waals surface area contributed by atoms with Gasteiger partial charge in [0.05, 0.1) is 19.1 Å². The highest BCUT2D eigenvalue weighted by atomic mass is 16.4. The van der Waals surface area contributed by atoms with Gasteiger partial charge in [-0.1, -0.05) is 42.5 Å². The van der Waals surface area contributed by atoms with Gasteiger partial charge >= 0.3 is 5.97 Å². The highest BCUT2D eigenvalue weighted by Crippen LogP contribution is 2.12. The molecule has 2 aromatic carbocycles. The minimum absolute atomic E-state index is 0.0407. The molecule has 2 aromatic rings. The summed E-state index contributed by atoms with van der Waals surface area (Å²) in [5.41, 5.74) is 12.3. The number of carbonyl (C=O) groups excluding carboxylic acids is 4. The van der Waals surface area contributed by atoms with Crippen molar-refractivity contribution in [2.24, 2.45) is 11.5 Å². The number of rotatable bonds is 14. The second-order valence-corrected chi connectivity index (χ2v) is 8.54. The van der Waals surface area contributed by atoms with Crippen LogP contribution in [0.15, 0.2) is 54.6 Å². The van der Waals surface area contributed by atoms with E-state index in [0.717, 1.165) is 5.56 Å². The minimum Gasteiger partial charge on any atom is -0.508 e. The van der Waals surface area contributed by atoms with Gasteiger partial charge in [-0.2, -0.15) is 0 Å². The van der Waals surface area contributed by atoms with E-state index < -0.39 is 66.8 Å². The molecule has 38 heavy (non-hydrogen) atoms. The van der Waals surface area contributed by atoms with Crippen LogP contribution < -0.4 is 27.4 Å². The van der Waals surface area contributed by atoms with Gasteiger partial charge in [0, 0.05) is 6.42 Å². The van der Waals surface area contributed by atoms with Crippen molar-refractivity contribution in [2.45, 2.75) is 43.4 Å². The number of aliphatic carboxylic acids is 1. The molecule has 4 atom stereocenters. The van der Waals surface area contributed by atoms with Crippen LogP contribution in [0.25, 0.3) is 0 Å². The molecule has 0 radical (unpaired) electrons. The van der Waals surface area contributed by atoms with E-state index in [1.165, 1.54) is 24.3 Å². The number of hydrogen-bond donors (Lipinski definition) is 8. The fourth-order valence-corrected chi connectivity index (χ4v) is 3.46. The Labute approximate surface area is 218 Å². The Morgan fingerprint density at radius 1 is 0.737 bits per heavy atom. The molecule has 4 amide bonds. The minimum atomic E-state index is -1.65. The molecule has 13 heteroatoms. The monoisotopic (exact) mass is 529 g/mol. The van der Waals surface area contributed by atoms with Gasteiger partial charge in [0.2, 0.25) is 23.6 Å². The van der Waals surface area contributed by atoms with Crippen LogP contribution in [0.5, 0.6) is 5.75 Å². The Balaban J connectivity index is 2.15. The number of phenolic OH excluding ortho intramolecular Hbond substituents is 1. The first kappa shape index (κ1) is 29.7. The summed E-state index contributed by atoms with van der Waals surface area (Å²) in [5.74, 6) is -5.13. The Hall–Kier alpha value is -4.49. The van der Waals surface area contributed by atoms with Gasteiger partial charge < -0.3 is 42.7 Å². The summed E-state index contributed by atoms with van der Waals surface area (Å²) < 4.78 is 0. The van der Waals surface area contributed by atoms with Crippen molar-refractivity contribution in [3.63, 3.8) is 0 Å². The molecule has 13 nitrogen and oxygen atoms in total. The van der Waals surface area contributed by atoms with E-state index in [2.05, 4.69) is 16.0 Å². The number of primary amides is 1. The number of phenols is 1. The second-order valence-electron chi connectivity index (χ2n) is 8.54. The number of nitrogens with two attached hydrogens (primary N) is 2. The van der Waals surface area contributed by atoms with Crippen LogP contribution in [0.4, 0.5) is 0 Å². The third kappa shape index (κ3) is 9.52. The molecule has 0 heterocycles. The van der Waals surface area contributed by atoms with Gasteiger partial charge in [0.25, 0.3) is 0 Å². The molecule has 2 rings (SSSR count). The topological polar surface area (TPSA) is 234 Å². The maximum atomic E-state index is 12.9. The zero-order valence-corrected chi connectivity index (χ0v) is 20.4. The summed E-state index contributed by atoms with van der Waals surface area (Å²) >= 11 is 0. The summed E-state index contributed by atoms with van der Waals surface area (Å²) in [7, 11) is 0. The van der Waals surface area contributed by atoms with Gasteiger partial charge in [0.15, 0.2) is 0 Å². The van der Waals surface area contributed by atoms with Crippen molar-refractivity contribution in [2.75, 3.05) is 6.61 Å².